The molecule has 1 N–H and O–H groups in total. The molecule has 0 radical (unpaired) electrons. The van der Waals surface area contributed by atoms with E-state index in [1.807, 2.05) is 0 Å². The maximum absolute atomic E-state index is 11.1. The van der Waals surface area contributed by atoms with Gasteiger partial charge in [0.2, 0.25) is 0 Å². The number of hydrogen-bond donors (Lipinski definition) is 1. The molecule has 5 heteroatoms. The van der Waals surface area contributed by atoms with Crippen molar-refractivity contribution in [2.24, 2.45) is 5.10 Å². The molecule has 0 rings (SSSR count). The summed E-state index contributed by atoms with van der Waals surface area (Å²) < 4.78 is 9.78. The zero-order chi connectivity index (χ0) is 11.2. The molecule has 0 saturated carbocycles. The number of carbonyl (C=O) groups is 1. The van der Waals surface area contributed by atoms with Gasteiger partial charge in [0.25, 0.3) is 0 Å². The first-order chi connectivity index (χ1) is 6.35. The van der Waals surface area contributed by atoms with E-state index in [4.69, 9.17) is 9.47 Å². The van der Waals surface area contributed by atoms with Gasteiger partial charge in [-0.1, -0.05) is 0 Å². The molecule has 0 aromatic rings. The Balaban J connectivity index is 3.90. The summed E-state index contributed by atoms with van der Waals surface area (Å²) in [6, 6.07) is 0. The monoisotopic (exact) mass is 202 g/mol. The summed E-state index contributed by atoms with van der Waals surface area (Å²) in [5.74, 6) is 0. The van der Waals surface area contributed by atoms with E-state index in [0.717, 1.165) is 0 Å². The van der Waals surface area contributed by atoms with E-state index in [1.54, 1.807) is 34.8 Å². The number of methoxy groups -OCH3 is 1. The minimum Gasteiger partial charge on any atom is -0.443 e. The fraction of sp³-hybridized carbons (Fsp3) is 0.778. The van der Waals surface area contributed by atoms with Crippen molar-refractivity contribution in [3.63, 3.8) is 0 Å². The van der Waals surface area contributed by atoms with E-state index in [1.165, 1.54) is 0 Å². The molecule has 0 unspecified atom stereocenters. The third-order valence-corrected chi connectivity index (χ3v) is 1.09. The maximum Gasteiger partial charge on any atom is 0.428 e. The van der Waals surface area contributed by atoms with Crippen molar-refractivity contribution in [1.82, 2.24) is 5.43 Å². The summed E-state index contributed by atoms with van der Waals surface area (Å²) in [6.07, 6.45) is -0.562. The topological polar surface area (TPSA) is 59.9 Å². The van der Waals surface area contributed by atoms with Gasteiger partial charge in [-0.2, -0.15) is 5.10 Å². The van der Waals surface area contributed by atoms with E-state index < -0.39 is 11.7 Å². The van der Waals surface area contributed by atoms with Crippen LogP contribution in [0.2, 0.25) is 0 Å². The van der Waals surface area contributed by atoms with Gasteiger partial charge >= 0.3 is 6.09 Å². The summed E-state index contributed by atoms with van der Waals surface area (Å²) in [7, 11) is 1.56. The Kier molecular flexibility index (Phi) is 5.15. The lowest BCUT2D eigenvalue weighted by atomic mass is 10.2. The summed E-state index contributed by atoms with van der Waals surface area (Å²) in [5, 5.41) is 3.77. The van der Waals surface area contributed by atoms with Crippen molar-refractivity contribution in [2.75, 3.05) is 13.7 Å². The van der Waals surface area contributed by atoms with E-state index in [9.17, 15) is 4.79 Å². The van der Waals surface area contributed by atoms with Crippen LogP contribution in [0.1, 0.15) is 27.7 Å². The quantitative estimate of drug-likeness (QED) is 0.557. The van der Waals surface area contributed by atoms with Crippen molar-refractivity contribution in [3.8, 4) is 0 Å². The molecular weight excluding hydrogens is 184 g/mol. The standard InChI is InChI=1S/C9H18N2O3/c1-7(6-13-5)10-11-8(12)14-9(2,3)4/h6H2,1-5H3,(H,11,12). The van der Waals surface area contributed by atoms with Gasteiger partial charge in [0, 0.05) is 7.11 Å². The van der Waals surface area contributed by atoms with Gasteiger partial charge in [-0.25, -0.2) is 10.2 Å². The number of nitrogens with zero attached hydrogens (tertiary/aromatic N) is 1. The predicted molar refractivity (Wildman–Crippen MR) is 54.4 cm³/mol. The van der Waals surface area contributed by atoms with Gasteiger partial charge in [-0.15, -0.1) is 0 Å². The Hall–Kier alpha value is -1.10. The molecule has 0 atom stereocenters. The van der Waals surface area contributed by atoms with Crippen LogP contribution in [0.15, 0.2) is 5.10 Å². The van der Waals surface area contributed by atoms with E-state index in [0.29, 0.717) is 12.3 Å². The normalized spacial score (nSPS) is 12.5. The molecule has 82 valence electrons. The van der Waals surface area contributed by atoms with Gasteiger partial charge in [0.05, 0.1) is 12.3 Å². The van der Waals surface area contributed by atoms with Crippen LogP contribution in [-0.4, -0.2) is 31.1 Å². The van der Waals surface area contributed by atoms with Crippen LogP contribution in [0.3, 0.4) is 0 Å². The number of ether oxygens (including phenoxy) is 2. The molecule has 0 aromatic heterocycles. The molecule has 1 amide bonds. The lowest BCUT2D eigenvalue weighted by Gasteiger charge is -2.18. The lowest BCUT2D eigenvalue weighted by Crippen LogP contribution is -2.30. The number of hydrazone groups is 1. The second-order valence-corrected chi connectivity index (χ2v) is 3.89. The summed E-state index contributed by atoms with van der Waals surface area (Å²) in [4.78, 5) is 11.1. The molecule has 0 aliphatic rings. The SMILES string of the molecule is COCC(C)=NNC(=O)OC(C)(C)C. The molecule has 0 spiro atoms. The minimum absolute atomic E-state index is 0.385. The van der Waals surface area contributed by atoms with Crippen LogP contribution >= 0.6 is 0 Å². The second kappa shape index (κ2) is 5.59. The first-order valence-corrected chi connectivity index (χ1v) is 4.36. The number of nitrogens with one attached hydrogen (secondary N) is 1. The fourth-order valence-electron chi connectivity index (χ4n) is 0.683. The van der Waals surface area contributed by atoms with Crippen LogP contribution in [0.4, 0.5) is 4.79 Å². The Bertz CT molecular complexity index is 219. The Morgan fingerprint density at radius 1 is 1.43 bits per heavy atom. The van der Waals surface area contributed by atoms with E-state index >= 15 is 0 Å². The number of rotatable bonds is 3. The van der Waals surface area contributed by atoms with Gasteiger partial charge in [0.15, 0.2) is 0 Å². The smallest absolute Gasteiger partial charge is 0.428 e. The van der Waals surface area contributed by atoms with Gasteiger partial charge in [0.1, 0.15) is 5.60 Å². The third kappa shape index (κ3) is 7.54. The molecule has 0 aromatic carbocycles. The minimum atomic E-state index is -0.562. The van der Waals surface area contributed by atoms with Gasteiger partial charge in [-0.3, -0.25) is 0 Å². The van der Waals surface area contributed by atoms with Crippen LogP contribution in [-0.2, 0) is 9.47 Å². The first-order valence-electron chi connectivity index (χ1n) is 4.36. The van der Waals surface area contributed by atoms with Crippen LogP contribution in [0.25, 0.3) is 0 Å². The molecule has 0 saturated heterocycles. The molecular formula is C9H18N2O3. The lowest BCUT2D eigenvalue weighted by molar-refractivity contribution is 0.0529. The number of amides is 1. The van der Waals surface area contributed by atoms with E-state index in [2.05, 4.69) is 10.5 Å². The summed E-state index contributed by atoms with van der Waals surface area (Å²) >= 11 is 0. The zero-order valence-electron chi connectivity index (χ0n) is 9.38. The highest BCUT2D eigenvalue weighted by Gasteiger charge is 2.15. The van der Waals surface area contributed by atoms with Crippen LogP contribution in [0.5, 0.6) is 0 Å². The highest BCUT2D eigenvalue weighted by molar-refractivity contribution is 5.84. The molecule has 0 aliphatic heterocycles. The number of carbonyl (C=O) groups excluding carboxylic acids is 1. The molecule has 0 fully saturated rings. The molecule has 0 heterocycles. The van der Waals surface area contributed by atoms with Crippen LogP contribution < -0.4 is 5.43 Å². The Labute approximate surface area is 84.5 Å². The molecule has 0 bridgehead atoms. The average molecular weight is 202 g/mol. The fourth-order valence-corrected chi connectivity index (χ4v) is 0.683. The maximum atomic E-state index is 11.1. The van der Waals surface area contributed by atoms with E-state index in [-0.39, 0.29) is 0 Å². The van der Waals surface area contributed by atoms with Crippen LogP contribution in [0, 0.1) is 0 Å². The van der Waals surface area contributed by atoms with Gasteiger partial charge in [-0.05, 0) is 27.7 Å². The molecule has 0 aliphatic carbocycles. The Morgan fingerprint density at radius 2 is 2.00 bits per heavy atom. The first kappa shape index (κ1) is 12.9. The third-order valence-electron chi connectivity index (χ3n) is 1.09. The molecule has 5 nitrogen and oxygen atoms in total. The van der Waals surface area contributed by atoms with Crippen molar-refractivity contribution in [3.05, 3.63) is 0 Å². The van der Waals surface area contributed by atoms with Crippen molar-refractivity contribution >= 4 is 11.8 Å². The van der Waals surface area contributed by atoms with Crippen molar-refractivity contribution in [1.29, 1.82) is 0 Å². The van der Waals surface area contributed by atoms with Crippen molar-refractivity contribution in [2.45, 2.75) is 33.3 Å². The second-order valence-electron chi connectivity index (χ2n) is 3.89. The summed E-state index contributed by atoms with van der Waals surface area (Å²) in [6.45, 7) is 7.51. The molecule has 14 heavy (non-hydrogen) atoms. The average Bonchev–Trinajstić information content (AvgIpc) is 1.98. The predicted octanol–water partition coefficient (Wildman–Crippen LogP) is 1.53. The van der Waals surface area contributed by atoms with Gasteiger partial charge < -0.3 is 9.47 Å². The Morgan fingerprint density at radius 3 is 2.43 bits per heavy atom. The number of hydrogen-bond acceptors (Lipinski definition) is 4. The highest BCUT2D eigenvalue weighted by atomic mass is 16.6. The summed E-state index contributed by atoms with van der Waals surface area (Å²) in [5.41, 5.74) is 2.44. The van der Waals surface area contributed by atoms with Crippen molar-refractivity contribution < 1.29 is 14.3 Å². The zero-order valence-corrected chi connectivity index (χ0v) is 9.38. The largest absolute Gasteiger partial charge is 0.443 e. The highest BCUT2D eigenvalue weighted by Crippen LogP contribution is 2.06.